The van der Waals surface area contributed by atoms with Gasteiger partial charge in [0.15, 0.2) is 0 Å². The van der Waals surface area contributed by atoms with Gasteiger partial charge in [-0.25, -0.2) is 0 Å². The third kappa shape index (κ3) is 6.62. The van der Waals surface area contributed by atoms with Gasteiger partial charge < -0.3 is 10.2 Å². The molecular formula is C19H34N2. The highest BCUT2D eigenvalue weighted by Gasteiger charge is 2.08. The van der Waals surface area contributed by atoms with E-state index in [4.69, 9.17) is 0 Å². The molecule has 0 fully saturated rings. The minimum absolute atomic E-state index is 0.426. The van der Waals surface area contributed by atoms with Crippen LogP contribution in [0.1, 0.15) is 64.1 Å². The fourth-order valence-electron chi connectivity index (χ4n) is 2.46. The second-order valence-electron chi connectivity index (χ2n) is 6.26. The Balaban J connectivity index is 2.36. The summed E-state index contributed by atoms with van der Waals surface area (Å²) >= 11 is 0. The molecule has 1 aromatic carbocycles. The predicted molar refractivity (Wildman–Crippen MR) is 93.9 cm³/mol. The van der Waals surface area contributed by atoms with Crippen LogP contribution in [0.25, 0.3) is 0 Å². The molecule has 1 rings (SSSR count). The zero-order chi connectivity index (χ0) is 15.7. The smallest absolute Gasteiger partial charge is 0.0292 e. The van der Waals surface area contributed by atoms with E-state index in [1.54, 1.807) is 0 Å². The lowest BCUT2D eigenvalue weighted by Gasteiger charge is -2.24. The lowest BCUT2D eigenvalue weighted by molar-refractivity contribution is 0.249. The van der Waals surface area contributed by atoms with Crippen LogP contribution < -0.4 is 5.32 Å². The van der Waals surface area contributed by atoms with Gasteiger partial charge in [-0.15, -0.1) is 0 Å². The van der Waals surface area contributed by atoms with Crippen molar-refractivity contribution in [1.29, 1.82) is 0 Å². The molecule has 120 valence electrons. The molecule has 0 radical (unpaired) electrons. The normalized spacial score (nSPS) is 14.4. The van der Waals surface area contributed by atoms with Crippen molar-refractivity contribution < 1.29 is 0 Å². The van der Waals surface area contributed by atoms with E-state index in [0.717, 1.165) is 13.1 Å². The third-order valence-corrected chi connectivity index (χ3v) is 4.56. The summed E-state index contributed by atoms with van der Waals surface area (Å²) in [4.78, 5) is 2.42. The summed E-state index contributed by atoms with van der Waals surface area (Å²) in [7, 11) is 2.21. The molecule has 0 saturated heterocycles. The quantitative estimate of drug-likeness (QED) is 0.686. The molecule has 1 N–H and O–H groups in total. The average molecular weight is 290 g/mol. The number of likely N-dealkylation sites (N-methyl/N-ethyl adjacent to an activating group) is 1. The molecule has 0 aliphatic carbocycles. The molecule has 0 aliphatic rings. The monoisotopic (exact) mass is 290 g/mol. The highest BCUT2D eigenvalue weighted by atomic mass is 15.1. The maximum absolute atomic E-state index is 3.63. The first kappa shape index (κ1) is 18.2. The van der Waals surface area contributed by atoms with E-state index < -0.39 is 0 Å². The molecule has 2 nitrogen and oxygen atoms in total. The van der Waals surface area contributed by atoms with Gasteiger partial charge in [-0.1, -0.05) is 44.5 Å². The van der Waals surface area contributed by atoms with Gasteiger partial charge in [0.05, 0.1) is 0 Å². The van der Waals surface area contributed by atoms with Crippen molar-refractivity contribution in [2.24, 2.45) is 0 Å². The highest BCUT2D eigenvalue weighted by Crippen LogP contribution is 2.14. The number of rotatable bonds is 10. The molecule has 0 heterocycles. The van der Waals surface area contributed by atoms with E-state index in [2.05, 4.69) is 69.2 Å². The van der Waals surface area contributed by atoms with Crippen molar-refractivity contribution in [3.63, 3.8) is 0 Å². The number of nitrogens with one attached hydrogen (secondary N) is 1. The van der Waals surface area contributed by atoms with Gasteiger partial charge in [-0.2, -0.15) is 0 Å². The van der Waals surface area contributed by atoms with Crippen LogP contribution in [0.5, 0.6) is 0 Å². The van der Waals surface area contributed by atoms with E-state index in [0.29, 0.717) is 12.1 Å². The van der Waals surface area contributed by atoms with Crippen LogP contribution in [0.3, 0.4) is 0 Å². The molecule has 2 unspecified atom stereocenters. The molecule has 0 amide bonds. The number of aryl methyl sites for hydroxylation is 1. The molecule has 0 bridgehead atoms. The minimum atomic E-state index is 0.426. The summed E-state index contributed by atoms with van der Waals surface area (Å²) in [5.41, 5.74) is 2.85. The SMILES string of the molecule is CCCCc1ccc(C(C)NCCN(C)C(C)CC)cc1. The maximum Gasteiger partial charge on any atom is 0.0292 e. The molecule has 2 heteroatoms. The topological polar surface area (TPSA) is 15.3 Å². The molecule has 0 saturated carbocycles. The lowest BCUT2D eigenvalue weighted by Crippen LogP contribution is -2.35. The molecule has 21 heavy (non-hydrogen) atoms. The van der Waals surface area contributed by atoms with Crippen LogP contribution in [-0.4, -0.2) is 31.1 Å². The largest absolute Gasteiger partial charge is 0.309 e. The lowest BCUT2D eigenvalue weighted by atomic mass is 10.0. The average Bonchev–Trinajstić information content (AvgIpc) is 2.52. The van der Waals surface area contributed by atoms with Gasteiger partial charge in [0.2, 0.25) is 0 Å². The second kappa shape index (κ2) is 9.97. The Hall–Kier alpha value is -0.860. The van der Waals surface area contributed by atoms with Crippen LogP contribution in [0.2, 0.25) is 0 Å². The Kier molecular flexibility index (Phi) is 8.63. The molecular weight excluding hydrogens is 256 g/mol. The summed E-state index contributed by atoms with van der Waals surface area (Å²) < 4.78 is 0. The van der Waals surface area contributed by atoms with E-state index >= 15 is 0 Å². The van der Waals surface area contributed by atoms with Gasteiger partial charge >= 0.3 is 0 Å². The van der Waals surface area contributed by atoms with Crippen LogP contribution in [-0.2, 0) is 6.42 Å². The maximum atomic E-state index is 3.63. The van der Waals surface area contributed by atoms with Crippen molar-refractivity contribution in [1.82, 2.24) is 10.2 Å². The van der Waals surface area contributed by atoms with Gasteiger partial charge in [-0.3, -0.25) is 0 Å². The van der Waals surface area contributed by atoms with E-state index in [1.807, 2.05) is 0 Å². The van der Waals surface area contributed by atoms with E-state index in [-0.39, 0.29) is 0 Å². The summed E-state index contributed by atoms with van der Waals surface area (Å²) in [5.74, 6) is 0. The first-order valence-electron chi connectivity index (χ1n) is 8.60. The third-order valence-electron chi connectivity index (χ3n) is 4.56. The standard InChI is InChI=1S/C19H34N2/c1-6-8-9-18-10-12-19(13-11-18)17(4)20-14-15-21(5)16(3)7-2/h10-13,16-17,20H,6-9,14-15H2,1-5H3. The number of benzene rings is 1. The summed E-state index contributed by atoms with van der Waals surface area (Å²) in [6, 6.07) is 10.2. The van der Waals surface area contributed by atoms with Crippen LogP contribution in [0.4, 0.5) is 0 Å². The fraction of sp³-hybridized carbons (Fsp3) is 0.684. The zero-order valence-corrected chi connectivity index (χ0v) is 14.7. The van der Waals surface area contributed by atoms with Crippen LogP contribution in [0.15, 0.2) is 24.3 Å². The van der Waals surface area contributed by atoms with E-state index in [1.165, 1.54) is 36.8 Å². The summed E-state index contributed by atoms with van der Waals surface area (Å²) in [6.07, 6.45) is 4.97. The highest BCUT2D eigenvalue weighted by molar-refractivity contribution is 5.24. The molecule has 0 spiro atoms. The number of hydrogen-bond donors (Lipinski definition) is 1. The molecule has 0 aromatic heterocycles. The molecule has 0 aliphatic heterocycles. The Morgan fingerprint density at radius 3 is 2.33 bits per heavy atom. The van der Waals surface area contributed by atoms with Crippen molar-refractivity contribution in [2.75, 3.05) is 20.1 Å². The van der Waals surface area contributed by atoms with Crippen molar-refractivity contribution in [3.8, 4) is 0 Å². The Morgan fingerprint density at radius 2 is 1.76 bits per heavy atom. The Morgan fingerprint density at radius 1 is 1.10 bits per heavy atom. The fourth-order valence-corrected chi connectivity index (χ4v) is 2.46. The van der Waals surface area contributed by atoms with Crippen molar-refractivity contribution in [2.45, 2.75) is 65.5 Å². The van der Waals surface area contributed by atoms with Crippen LogP contribution in [0, 0.1) is 0 Å². The number of nitrogens with zero attached hydrogens (tertiary/aromatic N) is 1. The van der Waals surface area contributed by atoms with Crippen LogP contribution >= 0.6 is 0 Å². The zero-order valence-electron chi connectivity index (χ0n) is 14.7. The second-order valence-corrected chi connectivity index (χ2v) is 6.26. The first-order valence-corrected chi connectivity index (χ1v) is 8.60. The Labute approximate surface area is 131 Å². The summed E-state index contributed by atoms with van der Waals surface area (Å²) in [5, 5.41) is 3.63. The van der Waals surface area contributed by atoms with Gasteiger partial charge in [0, 0.05) is 25.2 Å². The predicted octanol–water partition coefficient (Wildman–Crippen LogP) is 4.41. The van der Waals surface area contributed by atoms with Crippen molar-refractivity contribution in [3.05, 3.63) is 35.4 Å². The molecule has 1 aromatic rings. The number of hydrogen-bond acceptors (Lipinski definition) is 2. The first-order chi connectivity index (χ1) is 10.1. The van der Waals surface area contributed by atoms with Gasteiger partial charge in [-0.05, 0) is 51.3 Å². The molecule has 2 atom stereocenters. The minimum Gasteiger partial charge on any atom is -0.309 e. The Bertz CT molecular complexity index is 372. The van der Waals surface area contributed by atoms with Gasteiger partial charge in [0.1, 0.15) is 0 Å². The summed E-state index contributed by atoms with van der Waals surface area (Å²) in [6.45, 7) is 11.2. The van der Waals surface area contributed by atoms with Crippen molar-refractivity contribution >= 4 is 0 Å². The van der Waals surface area contributed by atoms with Gasteiger partial charge in [0.25, 0.3) is 0 Å². The number of unbranched alkanes of at least 4 members (excludes halogenated alkanes) is 1. The van der Waals surface area contributed by atoms with E-state index in [9.17, 15) is 0 Å².